The molecule has 0 unspecified atom stereocenters. The van der Waals surface area contributed by atoms with Crippen molar-refractivity contribution >= 4 is 0 Å². The maximum absolute atomic E-state index is 5.83. The molecule has 2 heteroatoms. The van der Waals surface area contributed by atoms with Gasteiger partial charge < -0.3 is 10.5 Å². The second-order valence-electron chi connectivity index (χ2n) is 3.97. The highest BCUT2D eigenvalue weighted by atomic mass is 16.5. The van der Waals surface area contributed by atoms with Crippen molar-refractivity contribution in [2.24, 2.45) is 5.73 Å². The molecule has 0 spiro atoms. The number of rotatable bonds is 2. The Kier molecular flexibility index (Phi) is 2.85. The van der Waals surface area contributed by atoms with Gasteiger partial charge in [0.05, 0.1) is 12.2 Å². The molecule has 1 heterocycles. The first-order chi connectivity index (χ1) is 6.79. The van der Waals surface area contributed by atoms with Gasteiger partial charge in [-0.3, -0.25) is 0 Å². The molecule has 1 aliphatic heterocycles. The minimum Gasteiger partial charge on any atom is -0.369 e. The van der Waals surface area contributed by atoms with E-state index in [-0.39, 0.29) is 12.2 Å². The maximum atomic E-state index is 5.83. The first-order valence-electron chi connectivity index (χ1n) is 5.21. The molecule has 1 saturated heterocycles. The molecule has 1 aliphatic rings. The van der Waals surface area contributed by atoms with E-state index in [9.17, 15) is 0 Å². The van der Waals surface area contributed by atoms with Crippen molar-refractivity contribution in [3.05, 3.63) is 35.4 Å². The second-order valence-corrected chi connectivity index (χ2v) is 3.97. The molecule has 2 N–H and O–H groups in total. The Morgan fingerprint density at radius 2 is 2.29 bits per heavy atom. The Morgan fingerprint density at radius 1 is 1.43 bits per heavy atom. The average molecular weight is 191 g/mol. The molecule has 0 aliphatic carbocycles. The second kappa shape index (κ2) is 4.11. The van der Waals surface area contributed by atoms with Crippen LogP contribution in [0.15, 0.2) is 24.3 Å². The summed E-state index contributed by atoms with van der Waals surface area (Å²) in [6, 6.07) is 8.53. The number of nitrogens with two attached hydrogens (primary N) is 1. The van der Waals surface area contributed by atoms with Crippen molar-refractivity contribution in [3.8, 4) is 0 Å². The summed E-state index contributed by atoms with van der Waals surface area (Å²) >= 11 is 0. The van der Waals surface area contributed by atoms with Crippen LogP contribution in [0, 0.1) is 6.92 Å². The highest BCUT2D eigenvalue weighted by molar-refractivity contribution is 5.24. The fourth-order valence-corrected chi connectivity index (χ4v) is 1.99. The predicted octanol–water partition coefficient (Wildman–Crippen LogP) is 2.17. The number of ether oxygens (including phenoxy) is 1. The van der Waals surface area contributed by atoms with E-state index in [1.165, 1.54) is 11.1 Å². The summed E-state index contributed by atoms with van der Waals surface area (Å²) in [5, 5.41) is 0. The lowest BCUT2D eigenvalue weighted by atomic mass is 10.0. The predicted molar refractivity (Wildman–Crippen MR) is 57.1 cm³/mol. The fourth-order valence-electron chi connectivity index (χ4n) is 1.99. The van der Waals surface area contributed by atoms with Crippen LogP contribution in [-0.4, -0.2) is 12.6 Å². The highest BCUT2D eigenvalue weighted by Crippen LogP contribution is 2.32. The molecule has 1 fully saturated rings. The van der Waals surface area contributed by atoms with Crippen molar-refractivity contribution in [1.82, 2.24) is 0 Å². The SMILES string of the molecule is Cc1cccc([C@@H]2CC[C@H](CN)O2)c1. The average Bonchev–Trinajstić information content (AvgIpc) is 2.66. The van der Waals surface area contributed by atoms with E-state index in [0.717, 1.165) is 12.8 Å². The molecule has 0 saturated carbocycles. The van der Waals surface area contributed by atoms with Crippen molar-refractivity contribution < 1.29 is 4.74 Å². The molecule has 0 radical (unpaired) electrons. The monoisotopic (exact) mass is 191 g/mol. The Bertz CT molecular complexity index is 311. The molecule has 1 aromatic carbocycles. The van der Waals surface area contributed by atoms with Gasteiger partial charge >= 0.3 is 0 Å². The fraction of sp³-hybridized carbons (Fsp3) is 0.500. The smallest absolute Gasteiger partial charge is 0.0830 e. The van der Waals surface area contributed by atoms with Crippen LogP contribution in [0.5, 0.6) is 0 Å². The number of benzene rings is 1. The minimum absolute atomic E-state index is 0.264. The number of hydrogen-bond donors (Lipinski definition) is 1. The van der Waals surface area contributed by atoms with Crippen molar-refractivity contribution in [2.45, 2.75) is 32.0 Å². The molecule has 2 atom stereocenters. The van der Waals surface area contributed by atoms with Crippen LogP contribution in [-0.2, 0) is 4.74 Å². The number of aryl methyl sites for hydroxylation is 1. The van der Waals surface area contributed by atoms with Gasteiger partial charge in [-0.15, -0.1) is 0 Å². The van der Waals surface area contributed by atoms with Crippen LogP contribution < -0.4 is 5.73 Å². The van der Waals surface area contributed by atoms with E-state index in [1.807, 2.05) is 0 Å². The first kappa shape index (κ1) is 9.69. The topological polar surface area (TPSA) is 35.2 Å². The number of hydrogen-bond acceptors (Lipinski definition) is 2. The molecular formula is C12H17NO. The van der Waals surface area contributed by atoms with Gasteiger partial charge in [0.15, 0.2) is 0 Å². The summed E-state index contributed by atoms with van der Waals surface area (Å²) in [6.07, 6.45) is 2.73. The van der Waals surface area contributed by atoms with Gasteiger partial charge in [-0.1, -0.05) is 29.8 Å². The first-order valence-corrected chi connectivity index (χ1v) is 5.21. The molecule has 0 aromatic heterocycles. The lowest BCUT2D eigenvalue weighted by Gasteiger charge is -2.12. The van der Waals surface area contributed by atoms with Crippen LogP contribution in [0.2, 0.25) is 0 Å². The van der Waals surface area contributed by atoms with Gasteiger partial charge in [0.2, 0.25) is 0 Å². The summed E-state index contributed by atoms with van der Waals surface area (Å²) in [7, 11) is 0. The summed E-state index contributed by atoms with van der Waals surface area (Å²) in [4.78, 5) is 0. The van der Waals surface area contributed by atoms with Crippen LogP contribution in [0.1, 0.15) is 30.1 Å². The van der Waals surface area contributed by atoms with E-state index in [1.54, 1.807) is 0 Å². The Balaban J connectivity index is 2.09. The van der Waals surface area contributed by atoms with Crippen LogP contribution in [0.25, 0.3) is 0 Å². The molecule has 1 aromatic rings. The third-order valence-corrected chi connectivity index (χ3v) is 2.78. The molecule has 0 amide bonds. The third-order valence-electron chi connectivity index (χ3n) is 2.78. The summed E-state index contributed by atoms with van der Waals surface area (Å²) < 4.78 is 5.83. The Labute approximate surface area is 85.1 Å². The molecular weight excluding hydrogens is 174 g/mol. The normalized spacial score (nSPS) is 26.7. The summed E-state index contributed by atoms with van der Waals surface area (Å²) in [6.45, 7) is 2.75. The van der Waals surface area contributed by atoms with E-state index in [4.69, 9.17) is 10.5 Å². The van der Waals surface area contributed by atoms with Gasteiger partial charge in [0, 0.05) is 6.54 Å². The highest BCUT2D eigenvalue weighted by Gasteiger charge is 2.25. The van der Waals surface area contributed by atoms with Gasteiger partial charge in [-0.2, -0.15) is 0 Å². The summed E-state index contributed by atoms with van der Waals surface area (Å²) in [5.41, 5.74) is 8.17. The van der Waals surface area contributed by atoms with E-state index < -0.39 is 0 Å². The maximum Gasteiger partial charge on any atom is 0.0830 e. The molecule has 76 valence electrons. The largest absolute Gasteiger partial charge is 0.369 e. The zero-order valence-corrected chi connectivity index (χ0v) is 8.57. The minimum atomic E-state index is 0.264. The van der Waals surface area contributed by atoms with Crippen molar-refractivity contribution in [3.63, 3.8) is 0 Å². The van der Waals surface area contributed by atoms with Crippen molar-refractivity contribution in [2.75, 3.05) is 6.54 Å². The van der Waals surface area contributed by atoms with Crippen molar-refractivity contribution in [1.29, 1.82) is 0 Å². The van der Waals surface area contributed by atoms with E-state index >= 15 is 0 Å². The van der Waals surface area contributed by atoms with Gasteiger partial charge in [0.25, 0.3) is 0 Å². The van der Waals surface area contributed by atoms with Gasteiger partial charge in [0.1, 0.15) is 0 Å². The summed E-state index contributed by atoms with van der Waals surface area (Å²) in [5.74, 6) is 0. The van der Waals surface area contributed by atoms with Gasteiger partial charge in [-0.05, 0) is 25.3 Å². The molecule has 2 rings (SSSR count). The van der Waals surface area contributed by atoms with Crippen LogP contribution in [0.4, 0.5) is 0 Å². The third kappa shape index (κ3) is 1.97. The van der Waals surface area contributed by atoms with E-state index in [2.05, 4.69) is 31.2 Å². The van der Waals surface area contributed by atoms with E-state index in [0.29, 0.717) is 6.54 Å². The molecule has 14 heavy (non-hydrogen) atoms. The standard InChI is InChI=1S/C12H17NO/c1-9-3-2-4-10(7-9)12-6-5-11(8-13)14-12/h2-4,7,11-12H,5-6,8,13H2,1H3/t11-,12+/m1/s1. The van der Waals surface area contributed by atoms with Gasteiger partial charge in [-0.25, -0.2) is 0 Å². The molecule has 2 nitrogen and oxygen atoms in total. The Morgan fingerprint density at radius 3 is 2.93 bits per heavy atom. The molecule has 0 bridgehead atoms. The van der Waals surface area contributed by atoms with Crippen LogP contribution >= 0.6 is 0 Å². The lowest BCUT2D eigenvalue weighted by molar-refractivity contribution is 0.0498. The Hall–Kier alpha value is -0.860. The lowest BCUT2D eigenvalue weighted by Crippen LogP contribution is -2.18. The quantitative estimate of drug-likeness (QED) is 0.777. The zero-order chi connectivity index (χ0) is 9.97. The van der Waals surface area contributed by atoms with Crippen LogP contribution in [0.3, 0.4) is 0 Å². The zero-order valence-electron chi connectivity index (χ0n) is 8.57.